The third-order valence-corrected chi connectivity index (χ3v) is 5.17. The number of carbonyl (C=O) groups is 1. The van der Waals surface area contributed by atoms with E-state index >= 15 is 0 Å². The summed E-state index contributed by atoms with van der Waals surface area (Å²) >= 11 is 6.14. The maximum Gasteiger partial charge on any atom is 0.339 e. The highest BCUT2D eigenvalue weighted by molar-refractivity contribution is 6.33. The van der Waals surface area contributed by atoms with Crippen LogP contribution in [0.2, 0.25) is 5.02 Å². The van der Waals surface area contributed by atoms with Crippen molar-refractivity contribution in [1.29, 1.82) is 5.26 Å². The van der Waals surface area contributed by atoms with E-state index in [1.54, 1.807) is 30.3 Å². The number of aliphatic hydroxyl groups is 1. The molecule has 0 unspecified atom stereocenters. The number of nitriles is 1. The first-order chi connectivity index (χ1) is 15.8. The van der Waals surface area contributed by atoms with Crippen molar-refractivity contribution in [2.45, 2.75) is 19.9 Å². The highest BCUT2D eigenvalue weighted by atomic mass is 35.5. The number of aliphatic hydroxyl groups excluding tert-OH is 1. The van der Waals surface area contributed by atoms with Crippen LogP contribution in [-0.2, 0) is 11.3 Å². The van der Waals surface area contributed by atoms with Gasteiger partial charge in [-0.05, 0) is 42.8 Å². The molecule has 0 atom stereocenters. The maximum atomic E-state index is 12.8. The van der Waals surface area contributed by atoms with Crippen LogP contribution >= 0.6 is 11.6 Å². The van der Waals surface area contributed by atoms with Crippen molar-refractivity contribution in [3.63, 3.8) is 0 Å². The first-order valence-electron chi connectivity index (χ1n) is 10.1. The number of aromatic hydroxyl groups is 1. The molecule has 0 spiro atoms. The number of hydrogen-bond donors (Lipinski definition) is 2. The quantitative estimate of drug-likeness (QED) is 0.509. The third kappa shape index (κ3) is 4.85. The Morgan fingerprint density at radius 2 is 2.12 bits per heavy atom. The van der Waals surface area contributed by atoms with Crippen molar-refractivity contribution in [3.8, 4) is 23.3 Å². The van der Waals surface area contributed by atoms with Gasteiger partial charge in [-0.2, -0.15) is 5.26 Å². The zero-order valence-corrected chi connectivity index (χ0v) is 18.6. The van der Waals surface area contributed by atoms with E-state index in [0.717, 1.165) is 4.57 Å². The lowest BCUT2D eigenvalue weighted by Crippen LogP contribution is -2.46. The largest absolute Gasteiger partial charge is 0.493 e. The van der Waals surface area contributed by atoms with Gasteiger partial charge >= 0.3 is 5.97 Å². The molecule has 2 N–H and O–H groups in total. The topological polar surface area (TPSA) is 126 Å². The monoisotopic (exact) mass is 468 g/mol. The molecule has 0 aliphatic heterocycles. The van der Waals surface area contributed by atoms with Gasteiger partial charge in [0.2, 0.25) is 5.88 Å². The highest BCUT2D eigenvalue weighted by Gasteiger charge is 2.16. The normalized spacial score (nSPS) is 11.4. The van der Waals surface area contributed by atoms with Crippen LogP contribution in [0.5, 0.6) is 5.88 Å². The lowest BCUT2D eigenvalue weighted by atomic mass is 10.1. The van der Waals surface area contributed by atoms with E-state index in [-0.39, 0.29) is 45.5 Å². The Labute approximate surface area is 193 Å². The summed E-state index contributed by atoms with van der Waals surface area (Å²) in [6.45, 7) is 5.31. The minimum absolute atomic E-state index is 0.0404. The molecule has 0 aliphatic carbocycles. The van der Waals surface area contributed by atoms with Gasteiger partial charge in [0.15, 0.2) is 0 Å². The molecule has 0 radical (unpaired) electrons. The van der Waals surface area contributed by atoms with E-state index in [4.69, 9.17) is 20.8 Å². The highest BCUT2D eigenvalue weighted by Crippen LogP contribution is 2.27. The molecule has 0 amide bonds. The summed E-state index contributed by atoms with van der Waals surface area (Å²) in [5.74, 6) is -0.408. The van der Waals surface area contributed by atoms with Gasteiger partial charge in [0.05, 0.1) is 35.6 Å². The number of halogens is 1. The predicted molar refractivity (Wildman–Crippen MR) is 122 cm³/mol. The van der Waals surface area contributed by atoms with E-state index in [0.29, 0.717) is 17.7 Å². The molecule has 0 saturated carbocycles. The van der Waals surface area contributed by atoms with Crippen LogP contribution in [0.25, 0.3) is 24.0 Å². The van der Waals surface area contributed by atoms with Crippen LogP contribution in [0, 0.1) is 11.3 Å². The molecule has 1 aromatic carbocycles. The van der Waals surface area contributed by atoms with E-state index in [1.165, 1.54) is 6.08 Å². The molecule has 2 heterocycles. The van der Waals surface area contributed by atoms with Crippen LogP contribution < -0.4 is 16.0 Å². The van der Waals surface area contributed by atoms with Gasteiger partial charge in [-0.25, -0.2) is 4.79 Å². The predicted octanol–water partition coefficient (Wildman–Crippen LogP) is 2.14. The Morgan fingerprint density at radius 3 is 2.79 bits per heavy atom. The number of carbonyl (C=O) groups excluding carboxylic acids is 1. The molecule has 9 heteroatoms. The smallest absolute Gasteiger partial charge is 0.339 e. The van der Waals surface area contributed by atoms with Crippen molar-refractivity contribution >= 4 is 30.2 Å². The first-order valence-corrected chi connectivity index (χ1v) is 10.4. The molecule has 2 aromatic heterocycles. The Balaban J connectivity index is 2.08. The van der Waals surface area contributed by atoms with E-state index in [1.807, 2.05) is 13.0 Å². The van der Waals surface area contributed by atoms with Crippen molar-refractivity contribution in [3.05, 3.63) is 73.0 Å². The zero-order chi connectivity index (χ0) is 24.1. The second-order valence-electron chi connectivity index (χ2n) is 7.06. The standard InChI is InChI=1S/C24H21ClN2O6/c1-3-10-32-24(31)18-11-15(4-6-20(18)25)21-7-5-16(33-21)12-17-14(2)19(13-26)23(30)27(8-9-28)22(17)29/h4-7,11-12,28,30H,2-3,8-10H2,1H3. The van der Waals surface area contributed by atoms with E-state index in [2.05, 4.69) is 6.58 Å². The Kier molecular flexibility index (Phi) is 7.38. The number of rotatable bonds is 7. The number of aromatic nitrogens is 1. The minimum atomic E-state index is -0.629. The number of hydrogen-bond acceptors (Lipinski definition) is 7. The molecular weight excluding hydrogens is 448 g/mol. The maximum absolute atomic E-state index is 12.8. The van der Waals surface area contributed by atoms with Crippen LogP contribution in [0.15, 0.2) is 39.5 Å². The molecule has 0 fully saturated rings. The second-order valence-corrected chi connectivity index (χ2v) is 7.47. The molecule has 3 aromatic rings. The Bertz CT molecular complexity index is 1410. The van der Waals surface area contributed by atoms with Gasteiger partial charge in [-0.3, -0.25) is 9.36 Å². The zero-order valence-electron chi connectivity index (χ0n) is 17.8. The Hall–Kier alpha value is -3.80. The van der Waals surface area contributed by atoms with Gasteiger partial charge in [0, 0.05) is 10.8 Å². The molecule has 0 aliphatic rings. The summed E-state index contributed by atoms with van der Waals surface area (Å²) in [5, 5.41) is 29.1. The van der Waals surface area contributed by atoms with Gasteiger partial charge in [0.25, 0.3) is 5.56 Å². The summed E-state index contributed by atoms with van der Waals surface area (Å²) < 4.78 is 11.9. The molecule has 3 rings (SSSR count). The molecule has 0 bridgehead atoms. The second kappa shape index (κ2) is 10.2. The van der Waals surface area contributed by atoms with Crippen LogP contribution in [0.4, 0.5) is 0 Å². The first kappa shape index (κ1) is 23.9. The third-order valence-electron chi connectivity index (χ3n) is 4.84. The average molecular weight is 469 g/mol. The fraction of sp³-hybridized carbons (Fsp3) is 0.208. The van der Waals surface area contributed by atoms with Crippen molar-refractivity contribution in [2.24, 2.45) is 0 Å². The molecule has 8 nitrogen and oxygen atoms in total. The number of benzene rings is 1. The molecule has 33 heavy (non-hydrogen) atoms. The summed E-state index contributed by atoms with van der Waals surface area (Å²) in [5.41, 5.74) is -0.0305. The molecule has 170 valence electrons. The van der Waals surface area contributed by atoms with Gasteiger partial charge in [-0.1, -0.05) is 25.1 Å². The summed E-state index contributed by atoms with van der Waals surface area (Å²) in [7, 11) is 0. The minimum Gasteiger partial charge on any atom is -0.493 e. The summed E-state index contributed by atoms with van der Waals surface area (Å²) in [4.78, 5) is 25.0. The molecule has 0 saturated heterocycles. The number of esters is 1. The number of pyridine rings is 1. The van der Waals surface area contributed by atoms with Crippen molar-refractivity contribution in [1.82, 2.24) is 4.57 Å². The number of furan rings is 1. The lowest BCUT2D eigenvalue weighted by molar-refractivity contribution is 0.0505. The average Bonchev–Trinajstić information content (AvgIpc) is 3.27. The number of ether oxygens (including phenoxy) is 1. The van der Waals surface area contributed by atoms with E-state index < -0.39 is 24.0 Å². The molecular formula is C24H21ClN2O6. The Morgan fingerprint density at radius 1 is 1.36 bits per heavy atom. The summed E-state index contributed by atoms with van der Waals surface area (Å²) in [6.07, 6.45) is 2.08. The van der Waals surface area contributed by atoms with Crippen molar-refractivity contribution in [2.75, 3.05) is 13.2 Å². The van der Waals surface area contributed by atoms with Gasteiger partial charge in [-0.15, -0.1) is 0 Å². The van der Waals surface area contributed by atoms with Crippen molar-refractivity contribution < 1.29 is 24.2 Å². The van der Waals surface area contributed by atoms with Crippen LogP contribution in [0.3, 0.4) is 0 Å². The fourth-order valence-corrected chi connectivity index (χ4v) is 3.38. The van der Waals surface area contributed by atoms with Gasteiger partial charge < -0.3 is 19.4 Å². The number of nitrogens with zero attached hydrogens (tertiary/aromatic N) is 2. The lowest BCUT2D eigenvalue weighted by Gasteiger charge is -2.08. The van der Waals surface area contributed by atoms with Crippen LogP contribution in [-0.4, -0.2) is 34.0 Å². The van der Waals surface area contributed by atoms with Crippen LogP contribution in [0.1, 0.15) is 35.0 Å². The SMILES string of the molecule is C=c1c(C#N)c(O)n(CCO)c(=O)c1=Cc1ccc(-c2ccc(Cl)c(C(=O)OCCC)c2)o1. The fourth-order valence-electron chi connectivity index (χ4n) is 3.18. The van der Waals surface area contributed by atoms with Gasteiger partial charge in [0.1, 0.15) is 23.2 Å². The van der Waals surface area contributed by atoms with E-state index in [9.17, 15) is 25.1 Å². The summed E-state index contributed by atoms with van der Waals surface area (Å²) in [6, 6.07) is 9.87.